The molecule has 0 aliphatic heterocycles. The first-order valence-corrected chi connectivity index (χ1v) is 7.15. The van der Waals surface area contributed by atoms with Crippen molar-refractivity contribution in [2.45, 2.75) is 13.3 Å². The van der Waals surface area contributed by atoms with E-state index in [1.54, 1.807) is 31.2 Å². The smallest absolute Gasteiger partial charge is 0.333 e. The second-order valence-corrected chi connectivity index (χ2v) is 4.89. The van der Waals surface area contributed by atoms with Gasteiger partial charge >= 0.3 is 5.97 Å². The molecule has 0 amide bonds. The predicted molar refractivity (Wildman–Crippen MR) is 85.8 cm³/mol. The van der Waals surface area contributed by atoms with Gasteiger partial charge in [0, 0.05) is 23.1 Å². The minimum absolute atomic E-state index is 0.0173. The molecule has 0 bridgehead atoms. The van der Waals surface area contributed by atoms with Gasteiger partial charge in [-0.1, -0.05) is 61.2 Å². The van der Waals surface area contributed by atoms with Gasteiger partial charge < -0.3 is 4.74 Å². The first-order valence-electron chi connectivity index (χ1n) is 7.15. The maximum atomic E-state index is 12.3. The van der Waals surface area contributed by atoms with Crippen LogP contribution < -0.4 is 0 Å². The van der Waals surface area contributed by atoms with Crippen LogP contribution in [0.5, 0.6) is 0 Å². The lowest BCUT2D eigenvalue weighted by Gasteiger charge is -2.06. The lowest BCUT2D eigenvalue weighted by atomic mass is 10.00. The second-order valence-electron chi connectivity index (χ2n) is 4.89. The van der Waals surface area contributed by atoms with E-state index in [1.165, 1.54) is 0 Å². The molecule has 0 saturated heterocycles. The van der Waals surface area contributed by atoms with Gasteiger partial charge in [-0.2, -0.15) is 0 Å². The molecule has 3 nitrogen and oxygen atoms in total. The Bertz CT molecular complexity index is 670. The number of carbonyl (C=O) groups is 2. The van der Waals surface area contributed by atoms with Crippen molar-refractivity contribution in [2.75, 3.05) is 6.61 Å². The van der Waals surface area contributed by atoms with E-state index in [1.807, 2.05) is 30.3 Å². The van der Waals surface area contributed by atoms with E-state index >= 15 is 0 Å². The molecule has 0 radical (unpaired) electrons. The number of ether oxygens (including phenoxy) is 1. The van der Waals surface area contributed by atoms with E-state index in [0.29, 0.717) is 29.7 Å². The zero-order valence-corrected chi connectivity index (χ0v) is 12.5. The molecule has 0 heterocycles. The largest absolute Gasteiger partial charge is 0.463 e. The van der Waals surface area contributed by atoms with Crippen LogP contribution in [0.3, 0.4) is 0 Å². The minimum atomic E-state index is -0.382. The summed E-state index contributed by atoms with van der Waals surface area (Å²) in [6, 6.07) is 16.3. The summed E-state index contributed by atoms with van der Waals surface area (Å²) in [5.41, 5.74) is 2.61. The van der Waals surface area contributed by atoms with E-state index in [9.17, 15) is 9.59 Å². The number of ketones is 1. The molecule has 22 heavy (non-hydrogen) atoms. The molecule has 0 saturated carbocycles. The van der Waals surface area contributed by atoms with E-state index < -0.39 is 0 Å². The maximum absolute atomic E-state index is 12.3. The topological polar surface area (TPSA) is 43.4 Å². The van der Waals surface area contributed by atoms with Crippen molar-refractivity contribution in [1.29, 1.82) is 0 Å². The first kappa shape index (κ1) is 15.7. The Morgan fingerprint density at radius 3 is 2.14 bits per heavy atom. The average molecular weight is 294 g/mol. The van der Waals surface area contributed by atoms with Crippen LogP contribution in [-0.2, 0) is 16.0 Å². The maximum Gasteiger partial charge on any atom is 0.333 e. The van der Waals surface area contributed by atoms with Crippen LogP contribution in [0, 0.1) is 0 Å². The molecule has 0 unspecified atom stereocenters. The van der Waals surface area contributed by atoms with Crippen molar-refractivity contribution in [3.05, 3.63) is 83.4 Å². The van der Waals surface area contributed by atoms with Gasteiger partial charge in [0.25, 0.3) is 0 Å². The molecule has 0 N–H and O–H groups in total. The number of hydrogen-bond donors (Lipinski definition) is 0. The molecule has 0 spiro atoms. The summed E-state index contributed by atoms with van der Waals surface area (Å²) in [7, 11) is 0. The van der Waals surface area contributed by atoms with Crippen LogP contribution in [0.2, 0.25) is 0 Å². The highest BCUT2D eigenvalue weighted by Gasteiger charge is 2.11. The highest BCUT2D eigenvalue weighted by Crippen LogP contribution is 2.13. The summed E-state index contributed by atoms with van der Waals surface area (Å²) < 4.78 is 4.90. The number of benzene rings is 2. The van der Waals surface area contributed by atoms with Gasteiger partial charge in [-0.05, 0) is 12.5 Å². The fourth-order valence-corrected chi connectivity index (χ4v) is 2.08. The molecule has 0 aliphatic rings. The van der Waals surface area contributed by atoms with E-state index in [0.717, 1.165) is 5.56 Å². The van der Waals surface area contributed by atoms with Gasteiger partial charge in [0.05, 0.1) is 6.61 Å². The van der Waals surface area contributed by atoms with Gasteiger partial charge in [0.1, 0.15) is 0 Å². The molecule has 112 valence electrons. The molecule has 2 aromatic rings. The van der Waals surface area contributed by atoms with Crippen LogP contribution in [0.25, 0.3) is 0 Å². The highest BCUT2D eigenvalue weighted by molar-refractivity contribution is 6.08. The zero-order chi connectivity index (χ0) is 15.9. The summed E-state index contributed by atoms with van der Waals surface area (Å²) in [6.45, 7) is 5.83. The van der Waals surface area contributed by atoms with Crippen molar-refractivity contribution >= 4 is 11.8 Å². The third-order valence-corrected chi connectivity index (χ3v) is 3.23. The average Bonchev–Trinajstić information content (AvgIpc) is 2.56. The summed E-state index contributed by atoms with van der Waals surface area (Å²) in [5.74, 6) is -0.400. The third-order valence-electron chi connectivity index (χ3n) is 3.23. The van der Waals surface area contributed by atoms with Crippen LogP contribution in [-0.4, -0.2) is 18.4 Å². The lowest BCUT2D eigenvalue weighted by molar-refractivity contribution is -0.138. The SMILES string of the molecule is C=C(Cc1ccc(C(=O)c2ccccc2)cc1)C(=O)OCC. The quantitative estimate of drug-likeness (QED) is 0.464. The van der Waals surface area contributed by atoms with Crippen molar-refractivity contribution in [1.82, 2.24) is 0 Å². The summed E-state index contributed by atoms with van der Waals surface area (Å²) >= 11 is 0. The van der Waals surface area contributed by atoms with Crippen molar-refractivity contribution in [3.63, 3.8) is 0 Å². The van der Waals surface area contributed by atoms with E-state index in [2.05, 4.69) is 6.58 Å². The highest BCUT2D eigenvalue weighted by atomic mass is 16.5. The standard InChI is InChI=1S/C19H18O3/c1-3-22-19(21)14(2)13-15-9-11-17(12-10-15)18(20)16-7-5-4-6-8-16/h4-12H,2-3,13H2,1H3. The van der Waals surface area contributed by atoms with Crippen molar-refractivity contribution in [2.24, 2.45) is 0 Å². The Morgan fingerprint density at radius 2 is 1.55 bits per heavy atom. The normalized spacial score (nSPS) is 10.0. The molecular formula is C19H18O3. The van der Waals surface area contributed by atoms with Gasteiger partial charge in [0.2, 0.25) is 0 Å². The molecule has 0 atom stereocenters. The number of hydrogen-bond acceptors (Lipinski definition) is 3. The summed E-state index contributed by atoms with van der Waals surface area (Å²) in [5, 5.41) is 0. The van der Waals surface area contributed by atoms with Gasteiger partial charge in [-0.15, -0.1) is 0 Å². The Morgan fingerprint density at radius 1 is 0.955 bits per heavy atom. The van der Waals surface area contributed by atoms with Crippen molar-refractivity contribution in [3.8, 4) is 0 Å². The molecule has 2 rings (SSSR count). The molecule has 0 aromatic heterocycles. The Hall–Kier alpha value is -2.68. The third kappa shape index (κ3) is 3.92. The number of esters is 1. The fraction of sp³-hybridized carbons (Fsp3) is 0.158. The van der Waals surface area contributed by atoms with Gasteiger partial charge in [-0.25, -0.2) is 4.79 Å². The van der Waals surface area contributed by atoms with Crippen molar-refractivity contribution < 1.29 is 14.3 Å². The predicted octanol–water partition coefficient (Wildman–Crippen LogP) is 3.58. The fourth-order valence-electron chi connectivity index (χ4n) is 2.08. The zero-order valence-electron chi connectivity index (χ0n) is 12.5. The molecule has 0 fully saturated rings. The summed E-state index contributed by atoms with van der Waals surface area (Å²) in [6.07, 6.45) is 0.415. The molecular weight excluding hydrogens is 276 g/mol. The summed E-state index contributed by atoms with van der Waals surface area (Å²) in [4.78, 5) is 23.8. The molecule has 3 heteroatoms. The van der Waals surface area contributed by atoms with Gasteiger partial charge in [0.15, 0.2) is 5.78 Å². The number of carbonyl (C=O) groups excluding carboxylic acids is 2. The van der Waals surface area contributed by atoms with E-state index in [-0.39, 0.29) is 11.8 Å². The molecule has 0 aliphatic carbocycles. The lowest BCUT2D eigenvalue weighted by Crippen LogP contribution is -2.09. The van der Waals surface area contributed by atoms with E-state index in [4.69, 9.17) is 4.74 Å². The number of rotatable bonds is 6. The van der Waals surface area contributed by atoms with Crippen LogP contribution in [0.1, 0.15) is 28.4 Å². The van der Waals surface area contributed by atoms with Crippen LogP contribution >= 0.6 is 0 Å². The minimum Gasteiger partial charge on any atom is -0.463 e. The Kier molecular flexibility index (Phi) is 5.26. The Balaban J connectivity index is 2.06. The second kappa shape index (κ2) is 7.36. The monoisotopic (exact) mass is 294 g/mol. The first-order chi connectivity index (χ1) is 10.6. The van der Waals surface area contributed by atoms with Gasteiger partial charge in [-0.3, -0.25) is 4.79 Å². The van der Waals surface area contributed by atoms with Crippen LogP contribution in [0.4, 0.5) is 0 Å². The van der Waals surface area contributed by atoms with Crippen LogP contribution in [0.15, 0.2) is 66.7 Å². The Labute approximate surface area is 130 Å². The molecule has 2 aromatic carbocycles.